The van der Waals surface area contributed by atoms with Crippen LogP contribution in [0.25, 0.3) is 0 Å². The summed E-state index contributed by atoms with van der Waals surface area (Å²) in [4.78, 5) is 66.1. The number of ether oxygens (including phenoxy) is 1. The lowest BCUT2D eigenvalue weighted by Gasteiger charge is -2.57. The summed E-state index contributed by atoms with van der Waals surface area (Å²) < 4.78 is 9.74. The Balaban J connectivity index is 1.35. The first kappa shape index (κ1) is 24.4. The second kappa shape index (κ2) is 9.66. The Kier molecular flexibility index (Phi) is 6.56. The number of aryl methyl sites for hydroxylation is 1. The predicted molar refractivity (Wildman–Crippen MR) is 127 cm³/mol. The number of pyridine rings is 1. The van der Waals surface area contributed by atoms with Crippen LogP contribution < -0.4 is 0 Å². The summed E-state index contributed by atoms with van der Waals surface area (Å²) >= 11 is 2.73. The van der Waals surface area contributed by atoms with Crippen molar-refractivity contribution in [3.63, 3.8) is 0 Å². The highest BCUT2D eigenvalue weighted by molar-refractivity contribution is 8.00. The van der Waals surface area contributed by atoms with E-state index in [2.05, 4.69) is 19.8 Å². The van der Waals surface area contributed by atoms with Crippen LogP contribution in [0.15, 0.2) is 35.1 Å². The Morgan fingerprint density at radius 1 is 1.39 bits per heavy atom. The second-order valence-electron chi connectivity index (χ2n) is 8.47. The van der Waals surface area contributed by atoms with Crippen LogP contribution in [0.4, 0.5) is 0 Å². The fraction of sp³-hybridized carbons (Fsp3) is 0.409. The summed E-state index contributed by atoms with van der Waals surface area (Å²) in [6.07, 6.45) is 3.03. The van der Waals surface area contributed by atoms with Crippen molar-refractivity contribution >= 4 is 60.5 Å². The van der Waals surface area contributed by atoms with Crippen molar-refractivity contribution in [2.45, 2.75) is 37.5 Å². The van der Waals surface area contributed by atoms with E-state index in [1.54, 1.807) is 30.8 Å². The fourth-order valence-corrected chi connectivity index (χ4v) is 6.81. The van der Waals surface area contributed by atoms with Crippen LogP contribution in [0, 0.1) is 18.8 Å². The molecule has 0 unspecified atom stereocenters. The first-order chi connectivity index (χ1) is 17.3. The Hall–Kier alpha value is -3.26. The van der Waals surface area contributed by atoms with Gasteiger partial charge in [0.2, 0.25) is 5.91 Å². The molecular formula is C22H19BN4O7S2. The summed E-state index contributed by atoms with van der Waals surface area (Å²) in [5.74, 6) is -3.54. The molecule has 4 atom stereocenters. The maximum absolute atomic E-state index is 13.3. The summed E-state index contributed by atoms with van der Waals surface area (Å²) in [5, 5.41) is 5.91. The van der Waals surface area contributed by atoms with Crippen molar-refractivity contribution in [1.82, 2.24) is 14.9 Å². The van der Waals surface area contributed by atoms with Crippen LogP contribution in [0.2, 0.25) is 0 Å². The largest absolute Gasteiger partial charge is 0.539 e. The molecule has 11 nitrogen and oxygen atoms in total. The number of ketones is 1. The number of hydrogen-bond donors (Lipinski definition) is 0. The number of thioether (sulfide) groups is 1. The minimum atomic E-state index is -1.89. The van der Waals surface area contributed by atoms with Gasteiger partial charge in [-0.3, -0.25) is 24.3 Å². The topological polar surface area (TPSA) is 137 Å². The minimum Gasteiger partial charge on any atom is -0.539 e. The summed E-state index contributed by atoms with van der Waals surface area (Å²) in [7, 11) is 5.11. The second-order valence-corrected chi connectivity index (χ2v) is 10.7. The number of esters is 1. The van der Waals surface area contributed by atoms with Gasteiger partial charge in [0, 0.05) is 41.4 Å². The van der Waals surface area contributed by atoms with Crippen molar-refractivity contribution in [1.29, 1.82) is 0 Å². The molecule has 0 N–H and O–H groups in total. The lowest BCUT2D eigenvalue weighted by atomic mass is 9.84. The molecule has 14 heteroatoms. The third-order valence-electron chi connectivity index (χ3n) is 6.26. The normalized spacial score (nSPS) is 27.0. The molecule has 2 radical (unpaired) electrons. The first-order valence-electron chi connectivity index (χ1n) is 11.0. The van der Waals surface area contributed by atoms with E-state index >= 15 is 0 Å². The number of aromatic nitrogens is 2. The van der Waals surface area contributed by atoms with Crippen molar-refractivity contribution < 1.29 is 33.4 Å². The molecule has 5 heterocycles. The van der Waals surface area contributed by atoms with Gasteiger partial charge in [-0.25, -0.2) is 9.78 Å². The number of rotatable bonds is 8. The van der Waals surface area contributed by atoms with Gasteiger partial charge >= 0.3 is 20.0 Å². The molecule has 184 valence electrons. The molecular weight excluding hydrogens is 507 g/mol. The van der Waals surface area contributed by atoms with Crippen LogP contribution in [-0.4, -0.2) is 69.1 Å². The number of hydrogen-bond acceptors (Lipinski definition) is 12. The molecule has 5 rings (SSSR count). The smallest absolute Gasteiger partial charge is 0.378 e. The van der Waals surface area contributed by atoms with Gasteiger partial charge in [-0.15, -0.1) is 23.1 Å². The van der Waals surface area contributed by atoms with Crippen molar-refractivity contribution in [2.75, 3.05) is 5.75 Å². The van der Waals surface area contributed by atoms with E-state index in [-0.39, 0.29) is 25.2 Å². The van der Waals surface area contributed by atoms with Gasteiger partial charge < -0.3 is 14.2 Å². The molecule has 3 aliphatic rings. The Morgan fingerprint density at radius 2 is 2.22 bits per heavy atom. The van der Waals surface area contributed by atoms with E-state index in [0.717, 1.165) is 10.6 Å². The molecule has 0 aliphatic carbocycles. The van der Waals surface area contributed by atoms with E-state index in [4.69, 9.17) is 17.6 Å². The lowest BCUT2D eigenvalue weighted by Crippen LogP contribution is -2.75. The Bertz CT molecular complexity index is 1260. The van der Waals surface area contributed by atoms with Crippen molar-refractivity contribution in [2.24, 2.45) is 17.0 Å². The van der Waals surface area contributed by atoms with Crippen LogP contribution >= 0.6 is 23.1 Å². The number of nitrogens with zero attached hydrogens (tertiary/aromatic N) is 4. The average molecular weight is 526 g/mol. The monoisotopic (exact) mass is 526 g/mol. The molecule has 0 spiro atoms. The SMILES string of the molecule is [B]OC(=O)[C@]12OC(=O)C[C@H]1CS[C@@H]1[C@H](CC(=O)/C(=N\OCc3cccnc3)c3csc(C)n3)C(=O)N12. The highest BCUT2D eigenvalue weighted by atomic mass is 32.2. The zero-order valence-electron chi connectivity index (χ0n) is 19.0. The third-order valence-corrected chi connectivity index (χ3v) is 8.50. The molecule has 0 saturated carbocycles. The average Bonchev–Trinajstić information content (AvgIpc) is 3.46. The van der Waals surface area contributed by atoms with Crippen LogP contribution in [0.3, 0.4) is 0 Å². The van der Waals surface area contributed by atoms with Crippen LogP contribution in [0.5, 0.6) is 0 Å². The predicted octanol–water partition coefficient (Wildman–Crippen LogP) is 1.14. The first-order valence-corrected chi connectivity index (χ1v) is 12.9. The lowest BCUT2D eigenvalue weighted by molar-refractivity contribution is -0.217. The molecule has 36 heavy (non-hydrogen) atoms. The summed E-state index contributed by atoms with van der Waals surface area (Å²) in [6, 6.07) is 3.57. The maximum atomic E-state index is 13.3. The van der Waals surface area contributed by atoms with Gasteiger partial charge in [0.05, 0.1) is 22.7 Å². The molecule has 1 amide bonds. The highest BCUT2D eigenvalue weighted by Gasteiger charge is 2.71. The van der Waals surface area contributed by atoms with Crippen molar-refractivity contribution in [3.8, 4) is 0 Å². The van der Waals surface area contributed by atoms with Crippen LogP contribution in [0.1, 0.15) is 29.1 Å². The molecule has 2 aromatic rings. The number of Topliss-reactive ketones (excluding diaryl/α,β-unsaturated/α-hetero) is 1. The maximum Gasteiger partial charge on any atom is 0.378 e. The third kappa shape index (κ3) is 4.07. The standard InChI is InChI=1S/C22H19BN4O7S2/c1-11-25-15(10-35-11)18(26-32-8-12-3-2-4-24-7-12)16(28)6-14-19(30)27-20(14)36-9-13-5-17(29)33-22(13,27)21(31)34-23/h2-4,7,10,13-14,20H,5-6,8-9H2,1H3/b26-18-/t13-,14+,20+,22+/m0/s1. The van der Waals surface area contributed by atoms with E-state index in [9.17, 15) is 19.2 Å². The quantitative estimate of drug-likeness (QED) is 0.162. The van der Waals surface area contributed by atoms with Gasteiger partial charge in [-0.05, 0) is 13.0 Å². The zero-order chi connectivity index (χ0) is 25.4. The fourth-order valence-electron chi connectivity index (χ4n) is 4.58. The van der Waals surface area contributed by atoms with Crippen molar-refractivity contribution in [3.05, 3.63) is 46.2 Å². The summed E-state index contributed by atoms with van der Waals surface area (Å²) in [6.45, 7) is 1.90. The van der Waals surface area contributed by atoms with Gasteiger partial charge in [0.15, 0.2) is 11.5 Å². The van der Waals surface area contributed by atoms with Gasteiger partial charge in [0.25, 0.3) is 5.72 Å². The number of fused-ring (bicyclic) bond motifs is 3. The molecule has 3 fully saturated rings. The number of oxime groups is 1. The Morgan fingerprint density at radius 3 is 2.92 bits per heavy atom. The Labute approximate surface area is 215 Å². The number of amides is 1. The zero-order valence-corrected chi connectivity index (χ0v) is 20.6. The van der Waals surface area contributed by atoms with E-state index < -0.39 is 46.6 Å². The molecule has 3 aliphatic heterocycles. The minimum absolute atomic E-state index is 0.00319. The molecule has 0 bridgehead atoms. The van der Waals surface area contributed by atoms with E-state index in [1.807, 2.05) is 6.07 Å². The highest BCUT2D eigenvalue weighted by Crippen LogP contribution is 2.54. The number of thiazole rings is 1. The van der Waals surface area contributed by atoms with E-state index in [0.29, 0.717) is 11.4 Å². The van der Waals surface area contributed by atoms with E-state index in [1.165, 1.54) is 28.0 Å². The molecule has 2 aromatic heterocycles. The van der Waals surface area contributed by atoms with Gasteiger partial charge in [-0.2, -0.15) is 0 Å². The molecule has 3 saturated heterocycles. The number of β-lactam (4-membered cyclic amide) rings is 1. The number of carbonyl (C=O) groups excluding carboxylic acids is 4. The van der Waals surface area contributed by atoms with Crippen LogP contribution in [-0.2, 0) is 40.0 Å². The molecule has 0 aromatic carbocycles. The number of carbonyl (C=O) groups is 4. The summed E-state index contributed by atoms with van der Waals surface area (Å²) in [5.41, 5.74) is -0.782. The van der Waals surface area contributed by atoms with Gasteiger partial charge in [-0.1, -0.05) is 11.2 Å². The van der Waals surface area contributed by atoms with Gasteiger partial charge in [0.1, 0.15) is 12.3 Å².